The Kier molecular flexibility index (Phi) is 5.54. The minimum atomic E-state index is -0.596. The Morgan fingerprint density at radius 3 is 2.61 bits per heavy atom. The third-order valence-corrected chi connectivity index (χ3v) is 2.99. The lowest BCUT2D eigenvalue weighted by Gasteiger charge is -2.12. The first-order valence-corrected chi connectivity index (χ1v) is 7.08. The highest BCUT2D eigenvalue weighted by molar-refractivity contribution is 6.30. The molecule has 0 aromatic heterocycles. The first-order chi connectivity index (χ1) is 11.0. The average Bonchev–Trinajstić information content (AvgIpc) is 2.49. The summed E-state index contributed by atoms with van der Waals surface area (Å²) in [6.45, 7) is 1.02. The van der Waals surface area contributed by atoms with Gasteiger partial charge >= 0.3 is 0 Å². The largest absolute Gasteiger partial charge is 0.482 e. The van der Waals surface area contributed by atoms with Gasteiger partial charge in [0.15, 0.2) is 6.61 Å². The molecule has 23 heavy (non-hydrogen) atoms. The highest BCUT2D eigenvalue weighted by Crippen LogP contribution is 2.24. The molecule has 0 spiro atoms. The van der Waals surface area contributed by atoms with Gasteiger partial charge < -0.3 is 15.4 Å². The van der Waals surface area contributed by atoms with Gasteiger partial charge in [0.25, 0.3) is 5.91 Å². The molecule has 0 saturated heterocycles. The van der Waals surface area contributed by atoms with Gasteiger partial charge in [-0.3, -0.25) is 9.59 Å². The Morgan fingerprint density at radius 2 is 1.87 bits per heavy atom. The van der Waals surface area contributed by atoms with Gasteiger partial charge in [-0.1, -0.05) is 23.7 Å². The third kappa shape index (κ3) is 4.96. The summed E-state index contributed by atoms with van der Waals surface area (Å²) in [5, 5.41) is 5.27. The first-order valence-electron chi connectivity index (χ1n) is 6.70. The minimum absolute atomic E-state index is 0.0266. The minimum Gasteiger partial charge on any atom is -0.482 e. The predicted molar refractivity (Wildman–Crippen MR) is 86.3 cm³/mol. The van der Waals surface area contributed by atoms with Gasteiger partial charge in [-0.2, -0.15) is 0 Å². The van der Waals surface area contributed by atoms with Gasteiger partial charge in [0.2, 0.25) is 5.91 Å². The van der Waals surface area contributed by atoms with E-state index in [4.69, 9.17) is 16.3 Å². The lowest BCUT2D eigenvalue weighted by atomic mass is 10.3. The van der Waals surface area contributed by atoms with Crippen molar-refractivity contribution in [3.63, 3.8) is 0 Å². The van der Waals surface area contributed by atoms with Crippen molar-refractivity contribution in [2.24, 2.45) is 0 Å². The monoisotopic (exact) mass is 336 g/mol. The van der Waals surface area contributed by atoms with Crippen molar-refractivity contribution < 1.29 is 18.7 Å². The van der Waals surface area contributed by atoms with Crippen molar-refractivity contribution in [2.75, 3.05) is 17.2 Å². The number of benzene rings is 2. The van der Waals surface area contributed by atoms with Crippen LogP contribution in [-0.4, -0.2) is 18.4 Å². The quantitative estimate of drug-likeness (QED) is 0.878. The summed E-state index contributed by atoms with van der Waals surface area (Å²) in [6.07, 6.45) is 0. The van der Waals surface area contributed by atoms with Gasteiger partial charge in [0.1, 0.15) is 11.6 Å². The van der Waals surface area contributed by atoms with E-state index in [1.165, 1.54) is 19.1 Å². The van der Waals surface area contributed by atoms with Crippen molar-refractivity contribution in [3.05, 3.63) is 53.3 Å². The maximum atomic E-state index is 13.5. The second-order valence-electron chi connectivity index (χ2n) is 4.64. The number of ether oxygens (including phenoxy) is 1. The zero-order valence-electron chi connectivity index (χ0n) is 12.2. The van der Waals surface area contributed by atoms with Crippen molar-refractivity contribution in [1.82, 2.24) is 0 Å². The molecular formula is C16H14ClFN2O3. The molecule has 0 unspecified atom stereocenters. The van der Waals surface area contributed by atoms with E-state index in [-0.39, 0.29) is 18.2 Å². The topological polar surface area (TPSA) is 67.4 Å². The molecule has 0 radical (unpaired) electrons. The molecule has 0 aliphatic carbocycles. The number of nitrogens with one attached hydrogen (secondary N) is 2. The molecule has 2 rings (SSSR count). The van der Waals surface area contributed by atoms with Gasteiger partial charge in [-0.05, 0) is 30.3 Å². The number of anilines is 2. The molecule has 2 amide bonds. The highest BCUT2D eigenvalue weighted by Gasteiger charge is 2.10. The number of carbonyl (C=O) groups excluding carboxylic acids is 2. The van der Waals surface area contributed by atoms with Crippen LogP contribution >= 0.6 is 11.6 Å². The van der Waals surface area contributed by atoms with E-state index in [9.17, 15) is 14.0 Å². The Morgan fingerprint density at radius 1 is 1.13 bits per heavy atom. The fourth-order valence-corrected chi connectivity index (χ4v) is 1.98. The van der Waals surface area contributed by atoms with E-state index < -0.39 is 11.7 Å². The average molecular weight is 337 g/mol. The fraction of sp³-hybridized carbons (Fsp3) is 0.125. The number of para-hydroxylation sites is 2. The van der Waals surface area contributed by atoms with E-state index in [0.717, 1.165) is 6.07 Å². The zero-order valence-corrected chi connectivity index (χ0v) is 13.0. The van der Waals surface area contributed by atoms with Crippen LogP contribution < -0.4 is 15.4 Å². The van der Waals surface area contributed by atoms with Crippen LogP contribution in [0.4, 0.5) is 15.8 Å². The van der Waals surface area contributed by atoms with Gasteiger partial charge in [0, 0.05) is 11.9 Å². The van der Waals surface area contributed by atoms with Crippen molar-refractivity contribution in [2.45, 2.75) is 6.92 Å². The van der Waals surface area contributed by atoms with Crippen LogP contribution in [0.5, 0.6) is 5.75 Å². The van der Waals surface area contributed by atoms with Crippen LogP contribution in [-0.2, 0) is 9.59 Å². The molecule has 0 heterocycles. The number of amides is 2. The van der Waals surface area contributed by atoms with E-state index in [1.54, 1.807) is 24.3 Å². The molecule has 2 aromatic carbocycles. The van der Waals surface area contributed by atoms with E-state index >= 15 is 0 Å². The normalized spacial score (nSPS) is 10.0. The van der Waals surface area contributed by atoms with E-state index in [1.807, 2.05) is 0 Å². The Bertz CT molecular complexity index is 737. The van der Waals surface area contributed by atoms with Crippen molar-refractivity contribution in [1.29, 1.82) is 0 Å². The zero-order chi connectivity index (χ0) is 16.8. The maximum Gasteiger partial charge on any atom is 0.262 e. The van der Waals surface area contributed by atoms with Crippen LogP contribution in [0.3, 0.4) is 0 Å². The molecule has 0 fully saturated rings. The fourth-order valence-electron chi connectivity index (χ4n) is 1.81. The number of carbonyl (C=O) groups is 2. The SMILES string of the molecule is CC(=O)Nc1ccccc1OCC(=O)Nc1cc(Cl)ccc1F. The second kappa shape index (κ2) is 7.60. The van der Waals surface area contributed by atoms with E-state index in [2.05, 4.69) is 10.6 Å². The Hall–Kier alpha value is -2.60. The number of hydrogen-bond acceptors (Lipinski definition) is 3. The molecule has 0 atom stereocenters. The summed E-state index contributed by atoms with van der Waals surface area (Å²) in [5.41, 5.74) is 0.419. The molecule has 0 aliphatic heterocycles. The van der Waals surface area contributed by atoms with Gasteiger partial charge in [-0.15, -0.1) is 0 Å². The van der Waals surface area contributed by atoms with Crippen molar-refractivity contribution >= 4 is 34.8 Å². The van der Waals surface area contributed by atoms with Crippen molar-refractivity contribution in [3.8, 4) is 5.75 Å². The number of hydrogen-bond donors (Lipinski definition) is 2. The molecule has 2 N–H and O–H groups in total. The standard InChI is InChI=1S/C16H14ClFN2O3/c1-10(21)19-13-4-2-3-5-15(13)23-9-16(22)20-14-8-11(17)6-7-12(14)18/h2-8H,9H2,1H3,(H,19,21)(H,20,22). The second-order valence-corrected chi connectivity index (χ2v) is 5.07. The van der Waals surface area contributed by atoms with Crippen LogP contribution in [0.2, 0.25) is 5.02 Å². The Balaban J connectivity index is 1.99. The summed E-state index contributed by atoms with van der Waals surface area (Å²) in [4.78, 5) is 23.0. The molecule has 0 aliphatic rings. The van der Waals surface area contributed by atoms with Gasteiger partial charge in [0.05, 0.1) is 11.4 Å². The maximum absolute atomic E-state index is 13.5. The Labute approximate surface area is 137 Å². The third-order valence-electron chi connectivity index (χ3n) is 2.76. The first kappa shape index (κ1) is 16.8. The van der Waals surface area contributed by atoms with Crippen LogP contribution in [0.1, 0.15) is 6.92 Å². The van der Waals surface area contributed by atoms with Crippen LogP contribution in [0.15, 0.2) is 42.5 Å². The lowest BCUT2D eigenvalue weighted by molar-refractivity contribution is -0.118. The predicted octanol–water partition coefficient (Wildman–Crippen LogP) is 3.46. The van der Waals surface area contributed by atoms with Crippen LogP contribution in [0.25, 0.3) is 0 Å². The molecular weight excluding hydrogens is 323 g/mol. The van der Waals surface area contributed by atoms with Gasteiger partial charge in [-0.25, -0.2) is 4.39 Å². The smallest absolute Gasteiger partial charge is 0.262 e. The molecule has 0 bridgehead atoms. The summed E-state index contributed by atoms with van der Waals surface area (Å²) in [6, 6.07) is 10.5. The summed E-state index contributed by atoms with van der Waals surface area (Å²) < 4.78 is 18.9. The number of rotatable bonds is 5. The van der Waals surface area contributed by atoms with E-state index in [0.29, 0.717) is 16.5 Å². The molecule has 7 heteroatoms. The molecule has 120 valence electrons. The molecule has 0 saturated carbocycles. The van der Waals surface area contributed by atoms with Crippen LogP contribution in [0, 0.1) is 5.82 Å². The number of halogens is 2. The highest BCUT2D eigenvalue weighted by atomic mass is 35.5. The summed E-state index contributed by atoms with van der Waals surface area (Å²) in [7, 11) is 0. The summed E-state index contributed by atoms with van der Waals surface area (Å²) in [5.74, 6) is -1.07. The summed E-state index contributed by atoms with van der Waals surface area (Å²) >= 11 is 5.75. The molecule has 2 aromatic rings. The molecule has 5 nitrogen and oxygen atoms in total. The lowest BCUT2D eigenvalue weighted by Crippen LogP contribution is -2.21.